The van der Waals surface area contributed by atoms with Crippen LogP contribution in [0.4, 0.5) is 16.2 Å². The van der Waals surface area contributed by atoms with Crippen molar-refractivity contribution in [2.75, 3.05) is 11.4 Å². The Kier molecular flexibility index (Phi) is 7.59. The van der Waals surface area contributed by atoms with E-state index in [1.54, 1.807) is 43.9 Å². The Bertz CT molecular complexity index is 1120. The van der Waals surface area contributed by atoms with Crippen LogP contribution in [0, 0.1) is 0 Å². The second-order valence-electron chi connectivity index (χ2n) is 9.32. The molecule has 3 aromatic rings. The van der Waals surface area contributed by atoms with Gasteiger partial charge in [-0.1, -0.05) is 54.6 Å². The molecule has 1 N–H and O–H groups in total. The Morgan fingerprint density at radius 1 is 0.743 bits per heavy atom. The standard InChI is InChI=1S/C28H30N2O5/c1-27(2,3)35-26(34)30(24(31)21-14-8-5-9-15-21)28(4,25(32)33)20-29(22-16-10-6-11-17-22)23-18-12-7-13-19-23/h5-19H,20H2,1-4H3,(H,32,33)/t28-/m0/s1. The predicted octanol–water partition coefficient (Wildman–Crippen LogP) is 5.75. The number of carbonyl (C=O) groups is 3. The minimum absolute atomic E-state index is 0.178. The van der Waals surface area contributed by atoms with Crippen molar-refractivity contribution < 1.29 is 24.2 Å². The first kappa shape index (κ1) is 25.5. The summed E-state index contributed by atoms with van der Waals surface area (Å²) in [6.45, 7) is 6.13. The number of anilines is 2. The van der Waals surface area contributed by atoms with Gasteiger partial charge >= 0.3 is 12.1 Å². The summed E-state index contributed by atoms with van der Waals surface area (Å²) >= 11 is 0. The molecule has 0 spiro atoms. The number of amides is 2. The van der Waals surface area contributed by atoms with Gasteiger partial charge in [-0.15, -0.1) is 0 Å². The van der Waals surface area contributed by atoms with Crippen LogP contribution in [-0.4, -0.2) is 45.7 Å². The molecule has 0 aliphatic rings. The Labute approximate surface area is 205 Å². The van der Waals surface area contributed by atoms with E-state index < -0.39 is 29.1 Å². The second-order valence-corrected chi connectivity index (χ2v) is 9.32. The summed E-state index contributed by atoms with van der Waals surface area (Å²) in [6.07, 6.45) is -1.03. The third kappa shape index (κ3) is 6.06. The number of hydrogen-bond acceptors (Lipinski definition) is 5. The number of rotatable bonds is 7. The summed E-state index contributed by atoms with van der Waals surface area (Å²) in [5, 5.41) is 10.5. The number of ether oxygens (including phenoxy) is 1. The quantitative estimate of drug-likeness (QED) is 0.469. The monoisotopic (exact) mass is 474 g/mol. The van der Waals surface area contributed by atoms with Crippen molar-refractivity contribution in [1.82, 2.24) is 4.90 Å². The lowest BCUT2D eigenvalue weighted by Gasteiger charge is -2.40. The molecule has 0 saturated carbocycles. The zero-order chi connectivity index (χ0) is 25.6. The van der Waals surface area contributed by atoms with Gasteiger partial charge < -0.3 is 14.7 Å². The number of hydrogen-bond donors (Lipinski definition) is 1. The average molecular weight is 475 g/mol. The lowest BCUT2D eigenvalue weighted by molar-refractivity contribution is -0.148. The molecule has 1 atom stereocenters. The van der Waals surface area contributed by atoms with E-state index in [4.69, 9.17) is 4.74 Å². The minimum Gasteiger partial charge on any atom is -0.479 e. The summed E-state index contributed by atoms with van der Waals surface area (Å²) < 4.78 is 5.52. The number of aliphatic carboxylic acids is 1. The highest BCUT2D eigenvalue weighted by atomic mass is 16.6. The van der Waals surface area contributed by atoms with Crippen molar-refractivity contribution in [2.45, 2.75) is 38.8 Å². The van der Waals surface area contributed by atoms with E-state index in [2.05, 4.69) is 0 Å². The van der Waals surface area contributed by atoms with Crippen LogP contribution in [0.25, 0.3) is 0 Å². The fraction of sp³-hybridized carbons (Fsp3) is 0.250. The van der Waals surface area contributed by atoms with Gasteiger partial charge in [0.2, 0.25) is 0 Å². The maximum atomic E-state index is 13.6. The highest BCUT2D eigenvalue weighted by Crippen LogP contribution is 2.31. The number of carboxylic acids is 1. The summed E-state index contributed by atoms with van der Waals surface area (Å²) in [4.78, 5) is 42.3. The van der Waals surface area contributed by atoms with Crippen molar-refractivity contribution in [3.05, 3.63) is 96.6 Å². The molecule has 7 heteroatoms. The first-order valence-corrected chi connectivity index (χ1v) is 11.3. The highest BCUT2D eigenvalue weighted by Gasteiger charge is 2.49. The SMILES string of the molecule is CC(C)(C)OC(=O)N(C(=O)c1ccccc1)[C@@](C)(CN(c1ccccc1)c1ccccc1)C(=O)O. The molecule has 3 aromatic carbocycles. The Balaban J connectivity index is 2.15. The zero-order valence-electron chi connectivity index (χ0n) is 20.3. The molecule has 0 unspecified atom stereocenters. The number of imide groups is 1. The molecule has 2 amide bonds. The Hall–Kier alpha value is -4.13. The molecule has 0 aliphatic heterocycles. The number of carboxylic acid groups (broad SMARTS) is 1. The van der Waals surface area contributed by atoms with E-state index in [-0.39, 0.29) is 12.1 Å². The van der Waals surface area contributed by atoms with Gasteiger partial charge in [0, 0.05) is 16.9 Å². The van der Waals surface area contributed by atoms with Gasteiger partial charge in [-0.2, -0.15) is 0 Å². The summed E-state index contributed by atoms with van der Waals surface area (Å²) in [6, 6.07) is 26.5. The normalized spacial score (nSPS) is 12.8. The maximum absolute atomic E-state index is 13.6. The minimum atomic E-state index is -1.99. The molecule has 182 valence electrons. The van der Waals surface area contributed by atoms with Gasteiger partial charge in [-0.05, 0) is 64.1 Å². The molecule has 0 bridgehead atoms. The molecule has 0 radical (unpaired) electrons. The van der Waals surface area contributed by atoms with E-state index in [0.29, 0.717) is 11.4 Å². The summed E-state index contributed by atoms with van der Waals surface area (Å²) in [5.74, 6) is -2.10. The average Bonchev–Trinajstić information content (AvgIpc) is 2.83. The summed E-state index contributed by atoms with van der Waals surface area (Å²) in [5.41, 5.74) is -1.33. The molecule has 0 aromatic heterocycles. The van der Waals surface area contributed by atoms with Crippen LogP contribution in [-0.2, 0) is 9.53 Å². The van der Waals surface area contributed by atoms with Crippen molar-refractivity contribution in [1.29, 1.82) is 0 Å². The van der Waals surface area contributed by atoms with E-state index in [9.17, 15) is 19.5 Å². The fourth-order valence-corrected chi connectivity index (χ4v) is 3.62. The lowest BCUT2D eigenvalue weighted by Crippen LogP contribution is -2.63. The third-order valence-electron chi connectivity index (χ3n) is 5.36. The number of benzene rings is 3. The van der Waals surface area contributed by atoms with Crippen LogP contribution >= 0.6 is 0 Å². The topological polar surface area (TPSA) is 87.2 Å². The van der Waals surface area contributed by atoms with Crippen molar-refractivity contribution >= 4 is 29.3 Å². The first-order valence-electron chi connectivity index (χ1n) is 11.3. The lowest BCUT2D eigenvalue weighted by atomic mass is 9.97. The smallest absolute Gasteiger partial charge is 0.418 e. The van der Waals surface area contributed by atoms with Gasteiger partial charge in [-0.25, -0.2) is 14.5 Å². The fourth-order valence-electron chi connectivity index (χ4n) is 3.62. The molecule has 35 heavy (non-hydrogen) atoms. The Morgan fingerprint density at radius 3 is 1.57 bits per heavy atom. The van der Waals surface area contributed by atoms with Crippen LogP contribution in [0.15, 0.2) is 91.0 Å². The number of nitrogens with zero attached hydrogens (tertiary/aromatic N) is 2. The molecule has 0 heterocycles. The molecule has 7 nitrogen and oxygen atoms in total. The van der Waals surface area contributed by atoms with Crippen LogP contribution in [0.2, 0.25) is 0 Å². The van der Waals surface area contributed by atoms with Crippen molar-refractivity contribution in [2.24, 2.45) is 0 Å². The van der Waals surface area contributed by atoms with E-state index >= 15 is 0 Å². The van der Waals surface area contributed by atoms with Gasteiger partial charge in [0.15, 0.2) is 5.54 Å². The van der Waals surface area contributed by atoms with Gasteiger partial charge in [0.05, 0.1) is 6.54 Å². The van der Waals surface area contributed by atoms with Crippen LogP contribution < -0.4 is 4.90 Å². The maximum Gasteiger partial charge on any atom is 0.418 e. The van der Waals surface area contributed by atoms with Gasteiger partial charge in [0.1, 0.15) is 5.60 Å². The van der Waals surface area contributed by atoms with E-state index in [0.717, 1.165) is 4.90 Å². The number of carbonyl (C=O) groups excluding carboxylic acids is 2. The first-order chi connectivity index (χ1) is 16.5. The third-order valence-corrected chi connectivity index (χ3v) is 5.36. The summed E-state index contributed by atoms with van der Waals surface area (Å²) in [7, 11) is 0. The van der Waals surface area contributed by atoms with Crippen LogP contribution in [0.1, 0.15) is 38.1 Å². The van der Waals surface area contributed by atoms with Gasteiger partial charge in [-0.3, -0.25) is 4.79 Å². The van der Waals surface area contributed by atoms with E-state index in [1.807, 2.05) is 60.7 Å². The van der Waals surface area contributed by atoms with Crippen molar-refractivity contribution in [3.63, 3.8) is 0 Å². The predicted molar refractivity (Wildman–Crippen MR) is 135 cm³/mol. The molecular weight excluding hydrogens is 444 g/mol. The largest absolute Gasteiger partial charge is 0.479 e. The van der Waals surface area contributed by atoms with Crippen LogP contribution in [0.3, 0.4) is 0 Å². The van der Waals surface area contributed by atoms with E-state index in [1.165, 1.54) is 19.1 Å². The zero-order valence-corrected chi connectivity index (χ0v) is 20.3. The molecular formula is C28H30N2O5. The van der Waals surface area contributed by atoms with Crippen molar-refractivity contribution in [3.8, 4) is 0 Å². The molecule has 0 saturated heterocycles. The molecule has 0 fully saturated rings. The second kappa shape index (κ2) is 10.4. The highest BCUT2D eigenvalue weighted by molar-refractivity contribution is 6.07. The Morgan fingerprint density at radius 2 is 1.17 bits per heavy atom. The molecule has 3 rings (SSSR count). The molecule has 0 aliphatic carbocycles. The number of para-hydroxylation sites is 2. The van der Waals surface area contributed by atoms with Gasteiger partial charge in [0.25, 0.3) is 5.91 Å². The van der Waals surface area contributed by atoms with Crippen LogP contribution in [0.5, 0.6) is 0 Å².